The van der Waals surface area contributed by atoms with E-state index in [1.165, 1.54) is 19.4 Å². The van der Waals surface area contributed by atoms with Gasteiger partial charge in [-0.05, 0) is 44.0 Å². The molecule has 4 nitrogen and oxygen atoms in total. The van der Waals surface area contributed by atoms with Crippen molar-refractivity contribution in [3.8, 4) is 0 Å². The standard InChI is InChI=1S/C17H27ClN4/c1-19-17(20-11-14-7-6-10-21(2)12-14)22(3)13-15-8-4-5-9-16(15)18/h4-5,8-9,14H,6-7,10-13H2,1-3H3,(H,19,20). The van der Waals surface area contributed by atoms with E-state index in [9.17, 15) is 0 Å². The molecule has 122 valence electrons. The highest BCUT2D eigenvalue weighted by atomic mass is 35.5. The average Bonchev–Trinajstić information content (AvgIpc) is 2.50. The third-order valence-corrected chi connectivity index (χ3v) is 4.58. The van der Waals surface area contributed by atoms with Crippen molar-refractivity contribution >= 4 is 17.6 Å². The maximum absolute atomic E-state index is 6.24. The van der Waals surface area contributed by atoms with E-state index >= 15 is 0 Å². The molecule has 0 saturated carbocycles. The quantitative estimate of drug-likeness (QED) is 0.683. The summed E-state index contributed by atoms with van der Waals surface area (Å²) in [6, 6.07) is 7.96. The van der Waals surface area contributed by atoms with Crippen LogP contribution in [0.25, 0.3) is 0 Å². The van der Waals surface area contributed by atoms with E-state index in [1.54, 1.807) is 0 Å². The van der Waals surface area contributed by atoms with E-state index in [2.05, 4.69) is 33.2 Å². The lowest BCUT2D eigenvalue weighted by Gasteiger charge is -2.31. The molecule has 1 aliphatic rings. The Kier molecular flexibility index (Phi) is 6.52. The zero-order chi connectivity index (χ0) is 15.9. The maximum Gasteiger partial charge on any atom is 0.193 e. The number of benzene rings is 1. The highest BCUT2D eigenvalue weighted by Gasteiger charge is 2.18. The second-order valence-corrected chi connectivity index (χ2v) is 6.55. The number of likely N-dealkylation sites (tertiary alicyclic amines) is 1. The van der Waals surface area contributed by atoms with Crippen molar-refractivity contribution in [1.82, 2.24) is 15.1 Å². The molecular weight excluding hydrogens is 296 g/mol. The number of halogens is 1. The van der Waals surface area contributed by atoms with Gasteiger partial charge in [-0.15, -0.1) is 0 Å². The van der Waals surface area contributed by atoms with Crippen LogP contribution >= 0.6 is 11.6 Å². The second kappa shape index (κ2) is 8.39. The zero-order valence-corrected chi connectivity index (χ0v) is 14.6. The summed E-state index contributed by atoms with van der Waals surface area (Å²) in [7, 11) is 6.08. The van der Waals surface area contributed by atoms with Crippen molar-refractivity contribution in [3.63, 3.8) is 0 Å². The van der Waals surface area contributed by atoms with Crippen LogP contribution in [0.5, 0.6) is 0 Å². The fourth-order valence-electron chi connectivity index (χ4n) is 3.02. The van der Waals surface area contributed by atoms with E-state index in [0.717, 1.165) is 36.2 Å². The van der Waals surface area contributed by atoms with Crippen molar-refractivity contribution in [2.45, 2.75) is 19.4 Å². The number of aliphatic imine (C=N–C) groups is 1. The Morgan fingerprint density at radius 1 is 1.45 bits per heavy atom. The molecule has 22 heavy (non-hydrogen) atoms. The van der Waals surface area contributed by atoms with Gasteiger partial charge in [0.2, 0.25) is 0 Å². The lowest BCUT2D eigenvalue weighted by molar-refractivity contribution is 0.209. The maximum atomic E-state index is 6.24. The molecule has 0 bridgehead atoms. The van der Waals surface area contributed by atoms with Gasteiger partial charge in [0.1, 0.15) is 0 Å². The average molecular weight is 323 g/mol. The summed E-state index contributed by atoms with van der Waals surface area (Å²) < 4.78 is 0. The van der Waals surface area contributed by atoms with E-state index in [0.29, 0.717) is 5.92 Å². The predicted octanol–water partition coefficient (Wildman–Crippen LogP) is 2.69. The topological polar surface area (TPSA) is 30.9 Å². The molecule has 1 heterocycles. The summed E-state index contributed by atoms with van der Waals surface area (Å²) in [5.74, 6) is 1.62. The summed E-state index contributed by atoms with van der Waals surface area (Å²) in [6.07, 6.45) is 2.58. The molecule has 1 aromatic rings. The van der Waals surface area contributed by atoms with Crippen molar-refractivity contribution in [2.24, 2.45) is 10.9 Å². The Labute approximate surface area is 139 Å². The Bertz CT molecular complexity index is 503. The predicted molar refractivity (Wildman–Crippen MR) is 94.5 cm³/mol. The minimum Gasteiger partial charge on any atom is -0.356 e. The molecule has 1 fully saturated rings. The monoisotopic (exact) mass is 322 g/mol. The smallest absolute Gasteiger partial charge is 0.193 e. The molecule has 0 amide bonds. The van der Waals surface area contributed by atoms with E-state index < -0.39 is 0 Å². The number of guanidine groups is 1. The Hall–Kier alpha value is -1.26. The highest BCUT2D eigenvalue weighted by Crippen LogP contribution is 2.17. The van der Waals surface area contributed by atoms with Gasteiger partial charge in [-0.2, -0.15) is 0 Å². The lowest BCUT2D eigenvalue weighted by atomic mass is 9.98. The summed E-state index contributed by atoms with van der Waals surface area (Å²) >= 11 is 6.24. The molecule has 2 rings (SSSR count). The SMILES string of the molecule is CN=C(NCC1CCCN(C)C1)N(C)Cc1ccccc1Cl. The normalized spacial score (nSPS) is 20.0. The first-order valence-electron chi connectivity index (χ1n) is 7.94. The van der Waals surface area contributed by atoms with Crippen molar-refractivity contribution in [1.29, 1.82) is 0 Å². The summed E-state index contributed by atoms with van der Waals surface area (Å²) in [5.41, 5.74) is 1.12. The molecular formula is C17H27ClN4. The van der Waals surface area contributed by atoms with Crippen LogP contribution in [0.3, 0.4) is 0 Å². The summed E-state index contributed by atoms with van der Waals surface area (Å²) in [5, 5.41) is 4.31. The van der Waals surface area contributed by atoms with Gasteiger partial charge >= 0.3 is 0 Å². The number of rotatable bonds is 4. The minimum absolute atomic E-state index is 0.698. The van der Waals surface area contributed by atoms with Crippen molar-refractivity contribution in [3.05, 3.63) is 34.9 Å². The van der Waals surface area contributed by atoms with Crippen molar-refractivity contribution < 1.29 is 0 Å². The van der Waals surface area contributed by atoms with Gasteiger partial charge < -0.3 is 15.1 Å². The van der Waals surface area contributed by atoms with Crippen LogP contribution < -0.4 is 5.32 Å². The fraction of sp³-hybridized carbons (Fsp3) is 0.588. The molecule has 1 N–H and O–H groups in total. The van der Waals surface area contributed by atoms with Crippen LogP contribution in [-0.2, 0) is 6.54 Å². The Balaban J connectivity index is 1.87. The molecule has 1 aromatic carbocycles. The molecule has 0 aromatic heterocycles. The fourth-order valence-corrected chi connectivity index (χ4v) is 3.21. The van der Waals surface area contributed by atoms with Crippen LogP contribution in [-0.4, -0.2) is 56.5 Å². The number of piperidine rings is 1. The molecule has 1 unspecified atom stereocenters. The second-order valence-electron chi connectivity index (χ2n) is 6.15. The van der Waals surface area contributed by atoms with Crippen LogP contribution in [0.1, 0.15) is 18.4 Å². The van der Waals surface area contributed by atoms with Gasteiger partial charge in [-0.25, -0.2) is 0 Å². The first-order valence-corrected chi connectivity index (χ1v) is 8.31. The molecule has 1 aliphatic heterocycles. The molecule has 1 atom stereocenters. The number of nitrogens with zero attached hydrogens (tertiary/aromatic N) is 3. The van der Waals surface area contributed by atoms with Crippen LogP contribution in [0.4, 0.5) is 0 Å². The zero-order valence-electron chi connectivity index (χ0n) is 13.8. The lowest BCUT2D eigenvalue weighted by Crippen LogP contribution is -2.44. The van der Waals surface area contributed by atoms with E-state index in [4.69, 9.17) is 11.6 Å². The summed E-state index contributed by atoms with van der Waals surface area (Å²) in [4.78, 5) is 8.92. The first-order chi connectivity index (χ1) is 10.6. The minimum atomic E-state index is 0.698. The molecule has 0 radical (unpaired) electrons. The van der Waals surface area contributed by atoms with Crippen molar-refractivity contribution in [2.75, 3.05) is 40.8 Å². The van der Waals surface area contributed by atoms with Crippen LogP contribution in [0, 0.1) is 5.92 Å². The van der Waals surface area contributed by atoms with Gasteiger partial charge in [-0.1, -0.05) is 29.8 Å². The molecule has 1 saturated heterocycles. The first kappa shape index (κ1) is 17.1. The molecule has 0 spiro atoms. The van der Waals surface area contributed by atoms with Gasteiger partial charge in [0, 0.05) is 38.8 Å². The third kappa shape index (κ3) is 4.89. The molecule has 5 heteroatoms. The van der Waals surface area contributed by atoms with Gasteiger partial charge in [0.05, 0.1) is 0 Å². The Morgan fingerprint density at radius 2 is 2.23 bits per heavy atom. The Morgan fingerprint density at radius 3 is 2.91 bits per heavy atom. The third-order valence-electron chi connectivity index (χ3n) is 4.21. The number of hydrogen-bond acceptors (Lipinski definition) is 2. The largest absolute Gasteiger partial charge is 0.356 e. The van der Waals surface area contributed by atoms with Crippen LogP contribution in [0.15, 0.2) is 29.3 Å². The number of nitrogens with one attached hydrogen (secondary N) is 1. The van der Waals surface area contributed by atoms with E-state index in [-0.39, 0.29) is 0 Å². The molecule has 0 aliphatic carbocycles. The van der Waals surface area contributed by atoms with E-state index in [1.807, 2.05) is 32.3 Å². The van der Waals surface area contributed by atoms with Crippen LogP contribution in [0.2, 0.25) is 5.02 Å². The number of hydrogen-bond donors (Lipinski definition) is 1. The van der Waals surface area contributed by atoms with Gasteiger partial charge in [-0.3, -0.25) is 4.99 Å². The van der Waals surface area contributed by atoms with Gasteiger partial charge in [0.15, 0.2) is 5.96 Å². The summed E-state index contributed by atoms with van der Waals surface area (Å²) in [6.45, 7) is 4.11. The highest BCUT2D eigenvalue weighted by molar-refractivity contribution is 6.31. The van der Waals surface area contributed by atoms with Gasteiger partial charge in [0.25, 0.3) is 0 Å².